The Morgan fingerprint density at radius 3 is 2.87 bits per heavy atom. The summed E-state index contributed by atoms with van der Waals surface area (Å²) in [4.78, 5) is 4.21. The lowest BCUT2D eigenvalue weighted by Crippen LogP contribution is -2.35. The lowest BCUT2D eigenvalue weighted by Gasteiger charge is -2.25. The molecule has 3 heterocycles. The first-order chi connectivity index (χ1) is 14.9. The molecule has 1 aliphatic heterocycles. The number of aliphatic hydroxyl groups excluding tert-OH is 2. The molecule has 164 valence electrons. The topological polar surface area (TPSA) is 106 Å². The number of nitrogens with two attached hydrogens (primary N) is 1. The standard InChI is InChI=1S/C22H24F2N4O3/c1-10-6-16(12-8-26-4-2-11(12)19(10)24)31-17-7-15(20(29)21(17)30)28-9-13(23)18-14(25)3-5-27-22(18)28/h3,5-6,9,15,17,20-21,26,29-30H,2,4,7-8H2,1H3,(H2,25,27)/t15?,17?,20-,21+/m0/s1. The molecule has 3 aromatic rings. The Labute approximate surface area is 177 Å². The second kappa shape index (κ2) is 7.44. The molecule has 2 aliphatic rings. The van der Waals surface area contributed by atoms with E-state index < -0.39 is 30.2 Å². The molecule has 9 heteroatoms. The molecule has 0 radical (unpaired) electrons. The largest absolute Gasteiger partial charge is 0.487 e. The summed E-state index contributed by atoms with van der Waals surface area (Å²) in [7, 11) is 0. The average molecular weight is 430 g/mol. The molecule has 1 fully saturated rings. The molecular formula is C22H24F2N4O3. The van der Waals surface area contributed by atoms with Gasteiger partial charge in [0.15, 0.2) is 5.82 Å². The van der Waals surface area contributed by atoms with Gasteiger partial charge in [-0.1, -0.05) is 0 Å². The molecule has 2 unspecified atom stereocenters. The van der Waals surface area contributed by atoms with E-state index in [1.807, 2.05) is 0 Å². The third kappa shape index (κ3) is 3.15. The minimum atomic E-state index is -1.20. The second-order valence-electron chi connectivity index (χ2n) is 8.31. The molecule has 5 rings (SSSR count). The molecule has 7 nitrogen and oxygen atoms in total. The van der Waals surface area contributed by atoms with Crippen LogP contribution < -0.4 is 15.8 Å². The van der Waals surface area contributed by atoms with Crippen LogP contribution in [0.25, 0.3) is 11.0 Å². The number of halogens is 2. The predicted octanol–water partition coefficient (Wildman–Crippen LogP) is 1.97. The maximum Gasteiger partial charge on any atom is 0.152 e. The molecule has 4 atom stereocenters. The van der Waals surface area contributed by atoms with Crippen LogP contribution in [-0.2, 0) is 13.0 Å². The molecule has 0 amide bonds. The number of aromatic nitrogens is 2. The number of ether oxygens (including phenoxy) is 1. The smallest absolute Gasteiger partial charge is 0.152 e. The van der Waals surface area contributed by atoms with Crippen LogP contribution in [0.15, 0.2) is 24.5 Å². The van der Waals surface area contributed by atoms with E-state index in [0.29, 0.717) is 42.0 Å². The Kier molecular flexibility index (Phi) is 4.84. The van der Waals surface area contributed by atoms with Crippen LogP contribution in [-0.4, -0.2) is 44.6 Å². The molecular weight excluding hydrogens is 406 g/mol. The van der Waals surface area contributed by atoms with E-state index in [1.54, 1.807) is 13.0 Å². The highest BCUT2D eigenvalue weighted by atomic mass is 19.1. The second-order valence-corrected chi connectivity index (χ2v) is 8.31. The quantitative estimate of drug-likeness (QED) is 0.506. The van der Waals surface area contributed by atoms with Gasteiger partial charge in [0.1, 0.15) is 35.5 Å². The number of nitrogen functional groups attached to an aromatic ring is 1. The number of aryl methyl sites for hydroxylation is 1. The van der Waals surface area contributed by atoms with Gasteiger partial charge < -0.3 is 30.6 Å². The zero-order valence-corrected chi connectivity index (χ0v) is 17.0. The molecule has 5 N–H and O–H groups in total. The highest BCUT2D eigenvalue weighted by molar-refractivity contribution is 5.89. The minimum absolute atomic E-state index is 0.183. The van der Waals surface area contributed by atoms with Crippen molar-refractivity contribution in [3.8, 4) is 5.75 Å². The third-order valence-corrected chi connectivity index (χ3v) is 6.41. The van der Waals surface area contributed by atoms with Crippen molar-refractivity contribution in [1.82, 2.24) is 14.9 Å². The summed E-state index contributed by atoms with van der Waals surface area (Å²) >= 11 is 0. The van der Waals surface area contributed by atoms with E-state index in [1.165, 1.54) is 23.0 Å². The number of rotatable bonds is 3. The average Bonchev–Trinajstić information content (AvgIpc) is 3.24. The first kappa shape index (κ1) is 20.2. The zero-order chi connectivity index (χ0) is 21.9. The summed E-state index contributed by atoms with van der Waals surface area (Å²) in [5.74, 6) is -0.281. The zero-order valence-electron chi connectivity index (χ0n) is 17.0. The van der Waals surface area contributed by atoms with Crippen molar-refractivity contribution < 1.29 is 23.7 Å². The maximum atomic E-state index is 14.6. The molecule has 0 saturated heterocycles. The molecule has 1 aliphatic carbocycles. The van der Waals surface area contributed by atoms with Gasteiger partial charge in [-0.2, -0.15) is 0 Å². The fraction of sp³-hybridized carbons (Fsp3) is 0.409. The Morgan fingerprint density at radius 2 is 2.06 bits per heavy atom. The number of anilines is 1. The number of hydrogen-bond donors (Lipinski definition) is 4. The summed E-state index contributed by atoms with van der Waals surface area (Å²) in [6.07, 6.45) is 0.338. The molecule has 1 aromatic carbocycles. The molecule has 0 bridgehead atoms. The first-order valence-electron chi connectivity index (χ1n) is 10.3. The third-order valence-electron chi connectivity index (χ3n) is 6.41. The van der Waals surface area contributed by atoms with Crippen molar-refractivity contribution in [3.63, 3.8) is 0 Å². The summed E-state index contributed by atoms with van der Waals surface area (Å²) in [6.45, 7) is 2.83. The molecule has 31 heavy (non-hydrogen) atoms. The van der Waals surface area contributed by atoms with Crippen molar-refractivity contribution in [3.05, 3.63) is 52.9 Å². The molecule has 0 spiro atoms. The number of nitrogens with one attached hydrogen (secondary N) is 1. The number of hydrogen-bond acceptors (Lipinski definition) is 6. The number of fused-ring (bicyclic) bond motifs is 2. The first-order valence-corrected chi connectivity index (χ1v) is 10.3. The predicted molar refractivity (Wildman–Crippen MR) is 111 cm³/mol. The fourth-order valence-electron chi connectivity index (χ4n) is 4.78. The van der Waals surface area contributed by atoms with E-state index in [2.05, 4.69) is 10.3 Å². The highest BCUT2D eigenvalue weighted by Crippen LogP contribution is 2.39. The van der Waals surface area contributed by atoms with Gasteiger partial charge in [-0.3, -0.25) is 0 Å². The van der Waals surface area contributed by atoms with Crippen molar-refractivity contribution in [1.29, 1.82) is 0 Å². The Bertz CT molecular complexity index is 1170. The SMILES string of the molecule is Cc1cc(OC2CC(n3cc(F)c4c(N)ccnc43)[C@H](O)[C@@H]2O)c2c(c1F)CCNC2. The fourth-order valence-corrected chi connectivity index (χ4v) is 4.78. The Hall–Kier alpha value is -2.75. The van der Waals surface area contributed by atoms with E-state index in [4.69, 9.17) is 10.5 Å². The van der Waals surface area contributed by atoms with Crippen LogP contribution in [0.1, 0.15) is 29.2 Å². The van der Waals surface area contributed by atoms with Crippen molar-refractivity contribution in [2.24, 2.45) is 0 Å². The number of pyridine rings is 1. The van der Waals surface area contributed by atoms with Gasteiger partial charge in [0.2, 0.25) is 0 Å². The minimum Gasteiger partial charge on any atom is -0.487 e. The van der Waals surface area contributed by atoms with Gasteiger partial charge in [0.05, 0.1) is 11.4 Å². The van der Waals surface area contributed by atoms with E-state index in [9.17, 15) is 19.0 Å². The van der Waals surface area contributed by atoms with Crippen molar-refractivity contribution in [2.45, 2.75) is 50.7 Å². The van der Waals surface area contributed by atoms with E-state index in [0.717, 1.165) is 5.56 Å². The van der Waals surface area contributed by atoms with Gasteiger partial charge in [-0.15, -0.1) is 0 Å². The monoisotopic (exact) mass is 430 g/mol. The van der Waals surface area contributed by atoms with Gasteiger partial charge in [-0.25, -0.2) is 13.8 Å². The highest BCUT2D eigenvalue weighted by Gasteiger charge is 2.45. The summed E-state index contributed by atoms with van der Waals surface area (Å²) in [6, 6.07) is 2.48. The maximum absolute atomic E-state index is 14.6. The Balaban J connectivity index is 1.48. The van der Waals surface area contributed by atoms with Crippen LogP contribution in [0, 0.1) is 18.6 Å². The van der Waals surface area contributed by atoms with Crippen molar-refractivity contribution >= 4 is 16.7 Å². The lowest BCUT2D eigenvalue weighted by atomic mass is 9.96. The molecule has 1 saturated carbocycles. The van der Waals surface area contributed by atoms with Crippen LogP contribution in [0.5, 0.6) is 5.75 Å². The number of nitrogens with zero attached hydrogens (tertiary/aromatic N) is 2. The number of benzene rings is 1. The Morgan fingerprint density at radius 1 is 1.26 bits per heavy atom. The van der Waals surface area contributed by atoms with Gasteiger partial charge >= 0.3 is 0 Å². The van der Waals surface area contributed by atoms with E-state index >= 15 is 0 Å². The number of aliphatic hydroxyl groups is 2. The van der Waals surface area contributed by atoms with E-state index in [-0.39, 0.29) is 23.3 Å². The van der Waals surface area contributed by atoms with Crippen LogP contribution in [0.4, 0.5) is 14.5 Å². The van der Waals surface area contributed by atoms with Gasteiger partial charge in [0, 0.05) is 36.6 Å². The van der Waals surface area contributed by atoms with Gasteiger partial charge in [-0.05, 0) is 43.1 Å². The van der Waals surface area contributed by atoms with Crippen LogP contribution in [0.3, 0.4) is 0 Å². The van der Waals surface area contributed by atoms with Gasteiger partial charge in [0.25, 0.3) is 0 Å². The summed E-state index contributed by atoms with van der Waals surface area (Å²) in [5, 5.41) is 24.8. The van der Waals surface area contributed by atoms with Crippen LogP contribution in [0.2, 0.25) is 0 Å². The van der Waals surface area contributed by atoms with Crippen molar-refractivity contribution in [2.75, 3.05) is 12.3 Å². The molecule has 2 aromatic heterocycles. The normalized spacial score (nSPS) is 25.7. The lowest BCUT2D eigenvalue weighted by molar-refractivity contribution is -0.0167. The van der Waals surface area contributed by atoms with Crippen LogP contribution >= 0.6 is 0 Å². The summed E-state index contributed by atoms with van der Waals surface area (Å²) in [5.41, 5.74) is 8.26. The summed E-state index contributed by atoms with van der Waals surface area (Å²) < 4.78 is 36.7.